The third-order valence-corrected chi connectivity index (χ3v) is 1.76. The van der Waals surface area contributed by atoms with E-state index in [2.05, 4.69) is 20.6 Å². The van der Waals surface area contributed by atoms with Gasteiger partial charge in [0.15, 0.2) is 5.82 Å². The molecule has 0 aliphatic carbocycles. The number of nitrogens with zero attached hydrogens (tertiary/aromatic N) is 4. The molecule has 14 heavy (non-hydrogen) atoms. The summed E-state index contributed by atoms with van der Waals surface area (Å²) in [5, 5.41) is 7.62. The molecule has 2 rings (SSSR count). The zero-order valence-electron chi connectivity index (χ0n) is 7.25. The molecule has 2 heterocycles. The van der Waals surface area contributed by atoms with Crippen molar-refractivity contribution in [2.75, 3.05) is 11.3 Å². The SMILES string of the molecule is NNc1nnc(-c2ccncc2)n1N. The first kappa shape index (κ1) is 8.45. The maximum atomic E-state index is 5.67. The fourth-order valence-corrected chi connectivity index (χ4v) is 1.09. The van der Waals surface area contributed by atoms with Gasteiger partial charge in [0.2, 0.25) is 0 Å². The van der Waals surface area contributed by atoms with Gasteiger partial charge in [-0.15, -0.1) is 10.2 Å². The fourth-order valence-electron chi connectivity index (χ4n) is 1.09. The summed E-state index contributed by atoms with van der Waals surface area (Å²) in [5.74, 6) is 11.7. The lowest BCUT2D eigenvalue weighted by molar-refractivity contribution is 0.994. The van der Waals surface area contributed by atoms with E-state index in [1.807, 2.05) is 0 Å². The highest BCUT2D eigenvalue weighted by molar-refractivity contribution is 5.56. The third kappa shape index (κ3) is 1.25. The first-order valence-electron chi connectivity index (χ1n) is 3.90. The molecule has 0 radical (unpaired) electrons. The number of pyridine rings is 1. The van der Waals surface area contributed by atoms with Gasteiger partial charge in [-0.25, -0.2) is 10.5 Å². The Bertz CT molecular complexity index is 421. The highest BCUT2D eigenvalue weighted by Crippen LogP contribution is 2.15. The third-order valence-electron chi connectivity index (χ3n) is 1.76. The molecule has 0 spiro atoms. The van der Waals surface area contributed by atoms with Crippen LogP contribution in [0.4, 0.5) is 5.95 Å². The van der Waals surface area contributed by atoms with E-state index in [1.165, 1.54) is 4.68 Å². The molecule has 0 saturated carbocycles. The largest absolute Gasteiger partial charge is 0.334 e. The normalized spacial score (nSPS) is 10.1. The van der Waals surface area contributed by atoms with Gasteiger partial charge >= 0.3 is 0 Å². The van der Waals surface area contributed by atoms with Crippen LogP contribution in [0.1, 0.15) is 0 Å². The van der Waals surface area contributed by atoms with Gasteiger partial charge in [-0.05, 0) is 12.1 Å². The van der Waals surface area contributed by atoms with Gasteiger partial charge in [0.05, 0.1) is 0 Å². The minimum Gasteiger partial charge on any atom is -0.334 e. The van der Waals surface area contributed by atoms with Gasteiger partial charge in [0, 0.05) is 18.0 Å². The Balaban J connectivity index is 2.48. The van der Waals surface area contributed by atoms with E-state index in [1.54, 1.807) is 24.5 Å². The zero-order valence-corrected chi connectivity index (χ0v) is 7.25. The summed E-state index contributed by atoms with van der Waals surface area (Å²) >= 11 is 0. The monoisotopic (exact) mass is 191 g/mol. The lowest BCUT2D eigenvalue weighted by Gasteiger charge is -2.01. The summed E-state index contributed by atoms with van der Waals surface area (Å²) in [5.41, 5.74) is 3.16. The number of nitrogens with two attached hydrogens (primary N) is 2. The number of rotatable bonds is 2. The quantitative estimate of drug-likeness (QED) is 0.429. The van der Waals surface area contributed by atoms with Crippen LogP contribution in [0.2, 0.25) is 0 Å². The molecule has 5 N–H and O–H groups in total. The van der Waals surface area contributed by atoms with Gasteiger partial charge in [0.1, 0.15) is 0 Å². The molecule has 0 bridgehead atoms. The molecule has 7 heteroatoms. The van der Waals surface area contributed by atoms with Gasteiger partial charge in [-0.3, -0.25) is 10.4 Å². The Labute approximate surface area is 79.7 Å². The minimum absolute atomic E-state index is 0.303. The average molecular weight is 191 g/mol. The van der Waals surface area contributed by atoms with E-state index < -0.39 is 0 Å². The van der Waals surface area contributed by atoms with Crippen molar-refractivity contribution in [2.45, 2.75) is 0 Å². The van der Waals surface area contributed by atoms with Crippen molar-refractivity contribution in [2.24, 2.45) is 5.84 Å². The van der Waals surface area contributed by atoms with Crippen molar-refractivity contribution in [1.82, 2.24) is 19.9 Å². The number of hydrogen-bond acceptors (Lipinski definition) is 6. The van der Waals surface area contributed by atoms with Crippen LogP contribution >= 0.6 is 0 Å². The van der Waals surface area contributed by atoms with E-state index in [4.69, 9.17) is 11.7 Å². The Morgan fingerprint density at radius 2 is 1.93 bits per heavy atom. The van der Waals surface area contributed by atoms with Crippen LogP contribution in [-0.2, 0) is 0 Å². The Kier molecular flexibility index (Phi) is 1.99. The van der Waals surface area contributed by atoms with E-state index in [0.717, 1.165) is 5.56 Å². The van der Waals surface area contributed by atoms with Crippen LogP contribution < -0.4 is 17.1 Å². The fraction of sp³-hybridized carbons (Fsp3) is 0. The van der Waals surface area contributed by atoms with E-state index >= 15 is 0 Å². The molecule has 0 saturated heterocycles. The summed E-state index contributed by atoms with van der Waals surface area (Å²) in [7, 11) is 0. The van der Waals surface area contributed by atoms with Crippen LogP contribution in [0.3, 0.4) is 0 Å². The van der Waals surface area contributed by atoms with Gasteiger partial charge in [-0.1, -0.05) is 0 Å². The first-order chi connectivity index (χ1) is 6.83. The Morgan fingerprint density at radius 1 is 1.21 bits per heavy atom. The predicted molar refractivity (Wildman–Crippen MR) is 51.2 cm³/mol. The Hall–Kier alpha value is -2.15. The van der Waals surface area contributed by atoms with Gasteiger partial charge in [-0.2, -0.15) is 0 Å². The smallest absolute Gasteiger partial charge is 0.257 e. The lowest BCUT2D eigenvalue weighted by Crippen LogP contribution is -2.18. The lowest BCUT2D eigenvalue weighted by atomic mass is 10.2. The zero-order chi connectivity index (χ0) is 9.97. The van der Waals surface area contributed by atoms with Crippen LogP contribution in [0.5, 0.6) is 0 Å². The van der Waals surface area contributed by atoms with Crippen molar-refractivity contribution in [3.63, 3.8) is 0 Å². The molecule has 0 amide bonds. The second kappa shape index (κ2) is 3.30. The molecular formula is C7H9N7. The van der Waals surface area contributed by atoms with Crippen molar-refractivity contribution in [1.29, 1.82) is 0 Å². The van der Waals surface area contributed by atoms with Gasteiger partial charge in [0.25, 0.3) is 5.95 Å². The molecule has 0 aliphatic rings. The molecule has 2 aromatic heterocycles. The highest BCUT2D eigenvalue weighted by Gasteiger charge is 2.09. The number of anilines is 1. The van der Waals surface area contributed by atoms with E-state index in [-0.39, 0.29) is 0 Å². The standard InChI is InChI=1S/C7H9N7/c8-11-7-13-12-6(14(7)9)5-1-3-10-4-2-5/h1-4H,8-9H2,(H,11,13). The Morgan fingerprint density at radius 3 is 2.50 bits per heavy atom. The van der Waals surface area contributed by atoms with Crippen molar-refractivity contribution < 1.29 is 0 Å². The van der Waals surface area contributed by atoms with Gasteiger partial charge < -0.3 is 5.84 Å². The second-order valence-corrected chi connectivity index (χ2v) is 2.60. The minimum atomic E-state index is 0.303. The molecule has 72 valence electrons. The van der Waals surface area contributed by atoms with Crippen molar-refractivity contribution in [3.8, 4) is 11.4 Å². The molecule has 0 aromatic carbocycles. The van der Waals surface area contributed by atoms with E-state index in [9.17, 15) is 0 Å². The van der Waals surface area contributed by atoms with Crippen LogP contribution in [0.25, 0.3) is 11.4 Å². The topological polar surface area (TPSA) is 108 Å². The molecular weight excluding hydrogens is 182 g/mol. The van der Waals surface area contributed by atoms with Crippen molar-refractivity contribution in [3.05, 3.63) is 24.5 Å². The maximum absolute atomic E-state index is 5.67. The number of nitrogens with one attached hydrogen (secondary N) is 1. The summed E-state index contributed by atoms with van der Waals surface area (Å²) in [4.78, 5) is 3.89. The number of aromatic nitrogens is 4. The summed E-state index contributed by atoms with van der Waals surface area (Å²) in [6, 6.07) is 3.57. The number of hydrazine groups is 1. The number of hydrogen-bond donors (Lipinski definition) is 3. The summed E-state index contributed by atoms with van der Waals surface area (Å²) in [6.45, 7) is 0. The number of nitrogen functional groups attached to an aromatic ring is 2. The molecule has 2 aromatic rings. The van der Waals surface area contributed by atoms with Crippen LogP contribution in [0, 0.1) is 0 Å². The predicted octanol–water partition coefficient (Wildman–Crippen LogP) is -0.660. The van der Waals surface area contributed by atoms with E-state index in [0.29, 0.717) is 11.8 Å². The van der Waals surface area contributed by atoms with Crippen LogP contribution in [0.15, 0.2) is 24.5 Å². The molecule has 0 unspecified atom stereocenters. The molecule has 7 nitrogen and oxygen atoms in total. The van der Waals surface area contributed by atoms with Crippen molar-refractivity contribution >= 4 is 5.95 Å². The molecule has 0 aliphatic heterocycles. The summed E-state index contributed by atoms with van der Waals surface area (Å²) in [6.07, 6.45) is 3.30. The average Bonchev–Trinajstić information content (AvgIpc) is 2.61. The first-order valence-corrected chi connectivity index (χ1v) is 3.90. The maximum Gasteiger partial charge on any atom is 0.257 e. The molecule has 0 atom stereocenters. The summed E-state index contributed by atoms with van der Waals surface area (Å²) < 4.78 is 1.27. The highest BCUT2D eigenvalue weighted by atomic mass is 15.5. The second-order valence-electron chi connectivity index (χ2n) is 2.60. The van der Waals surface area contributed by atoms with Crippen LogP contribution in [-0.4, -0.2) is 19.9 Å². The molecule has 0 fully saturated rings.